The normalized spacial score (nSPS) is 13.5. The number of anilines is 1. The average Bonchev–Trinajstić information content (AvgIpc) is 3.45. The molecule has 0 bridgehead atoms. The van der Waals surface area contributed by atoms with E-state index in [1.807, 2.05) is 31.0 Å². The molecule has 1 amide bonds. The minimum absolute atomic E-state index is 0.170. The van der Waals surface area contributed by atoms with Gasteiger partial charge in [0.05, 0.1) is 24.3 Å². The highest BCUT2D eigenvalue weighted by Gasteiger charge is 2.19. The van der Waals surface area contributed by atoms with E-state index < -0.39 is 11.9 Å². The number of esters is 1. The van der Waals surface area contributed by atoms with Gasteiger partial charge < -0.3 is 19.5 Å². The number of methoxy groups -OCH3 is 1. The number of benzene rings is 1. The van der Waals surface area contributed by atoms with Crippen LogP contribution in [-0.4, -0.2) is 62.9 Å². The second-order valence-electron chi connectivity index (χ2n) is 8.65. The first-order valence-corrected chi connectivity index (χ1v) is 12.8. The van der Waals surface area contributed by atoms with Gasteiger partial charge >= 0.3 is 5.97 Å². The maximum Gasteiger partial charge on any atom is 0.339 e. The van der Waals surface area contributed by atoms with Crippen LogP contribution in [0.5, 0.6) is 17.5 Å². The summed E-state index contributed by atoms with van der Waals surface area (Å²) in [4.78, 5) is 33.9. The molecule has 0 unspecified atom stereocenters. The van der Waals surface area contributed by atoms with Gasteiger partial charge in [-0.25, -0.2) is 14.8 Å². The Kier molecular flexibility index (Phi) is 9.13. The number of nitrogens with zero attached hydrogens (tertiary/aromatic N) is 4. The molecule has 3 aromatic rings. The Morgan fingerprint density at radius 2 is 1.76 bits per heavy atom. The highest BCUT2D eigenvalue weighted by Crippen LogP contribution is 2.29. The van der Waals surface area contributed by atoms with E-state index in [-0.39, 0.29) is 34.8 Å². The molecule has 4 rings (SSSR count). The van der Waals surface area contributed by atoms with E-state index in [0.717, 1.165) is 30.8 Å². The van der Waals surface area contributed by atoms with Crippen molar-refractivity contribution in [3.63, 3.8) is 0 Å². The summed E-state index contributed by atoms with van der Waals surface area (Å²) in [6, 6.07) is 13.2. The Labute approximate surface area is 224 Å². The van der Waals surface area contributed by atoms with Crippen LogP contribution in [0.2, 0.25) is 0 Å². The third-order valence-corrected chi connectivity index (χ3v) is 6.26. The number of hydrazine groups is 1. The number of nitrogens with one attached hydrogen (secondary N) is 1. The topological polar surface area (TPSA) is 126 Å². The number of carbonyl (C=O) groups is 2. The van der Waals surface area contributed by atoms with Crippen LogP contribution in [0, 0.1) is 0 Å². The average molecular weight is 540 g/mol. The van der Waals surface area contributed by atoms with Gasteiger partial charge in [-0.05, 0) is 63.1 Å². The predicted molar refractivity (Wildman–Crippen MR) is 140 cm³/mol. The number of hydrogen-bond acceptors (Lipinski definition) is 11. The molecule has 0 radical (unpaired) electrons. The van der Waals surface area contributed by atoms with Crippen molar-refractivity contribution < 1.29 is 29.0 Å². The van der Waals surface area contributed by atoms with E-state index >= 15 is 0 Å². The molecule has 1 aromatic carbocycles. The van der Waals surface area contributed by atoms with Crippen molar-refractivity contribution in [3.05, 3.63) is 65.9 Å². The molecule has 1 saturated heterocycles. The molecule has 11 nitrogen and oxygen atoms in total. The molecule has 0 spiro atoms. The van der Waals surface area contributed by atoms with Crippen molar-refractivity contribution in [1.82, 2.24) is 19.6 Å². The van der Waals surface area contributed by atoms with Gasteiger partial charge in [0.15, 0.2) is 0 Å². The Morgan fingerprint density at radius 1 is 1.05 bits per heavy atom. The monoisotopic (exact) mass is 539 g/mol. The molecule has 2 aromatic heterocycles. The van der Waals surface area contributed by atoms with Gasteiger partial charge in [-0.1, -0.05) is 4.58 Å². The SMILES string of the molecule is COC(=O)c1ccc(NC(=O)c2cc(Oc3ccc(SN(O)N4CCCC4)cc3)nc(OC(C)C)c2)nc1. The molecule has 0 atom stereocenters. The minimum atomic E-state index is -0.520. The molecule has 1 fully saturated rings. The number of pyridine rings is 2. The zero-order valence-electron chi connectivity index (χ0n) is 21.3. The van der Waals surface area contributed by atoms with Crippen LogP contribution in [0.1, 0.15) is 47.4 Å². The van der Waals surface area contributed by atoms with E-state index in [2.05, 4.69) is 20.0 Å². The van der Waals surface area contributed by atoms with Crippen molar-refractivity contribution in [2.24, 2.45) is 0 Å². The third-order valence-electron chi connectivity index (χ3n) is 5.38. The van der Waals surface area contributed by atoms with Gasteiger partial charge in [0.2, 0.25) is 11.8 Å². The minimum Gasteiger partial charge on any atom is -0.475 e. The third kappa shape index (κ3) is 7.42. The largest absolute Gasteiger partial charge is 0.475 e. The number of amides is 1. The lowest BCUT2D eigenvalue weighted by Gasteiger charge is -2.23. The highest BCUT2D eigenvalue weighted by molar-refractivity contribution is 7.96. The van der Waals surface area contributed by atoms with Crippen LogP contribution in [0.3, 0.4) is 0 Å². The van der Waals surface area contributed by atoms with Crippen LogP contribution in [0.25, 0.3) is 0 Å². The fourth-order valence-corrected chi connectivity index (χ4v) is 4.30. The number of rotatable bonds is 10. The fourth-order valence-electron chi connectivity index (χ4n) is 3.57. The highest BCUT2D eigenvalue weighted by atomic mass is 32.2. The van der Waals surface area contributed by atoms with Gasteiger partial charge in [0.1, 0.15) is 11.6 Å². The zero-order valence-corrected chi connectivity index (χ0v) is 22.1. The lowest BCUT2D eigenvalue weighted by atomic mass is 10.2. The van der Waals surface area contributed by atoms with Gasteiger partial charge in [-0.3, -0.25) is 10.0 Å². The molecule has 200 valence electrons. The van der Waals surface area contributed by atoms with Crippen LogP contribution >= 0.6 is 11.9 Å². The summed E-state index contributed by atoms with van der Waals surface area (Å²) in [6.07, 6.45) is 3.28. The van der Waals surface area contributed by atoms with Crippen molar-refractivity contribution in [3.8, 4) is 17.5 Å². The lowest BCUT2D eigenvalue weighted by Crippen LogP contribution is -2.32. The molecule has 0 saturated carbocycles. The smallest absolute Gasteiger partial charge is 0.339 e. The summed E-state index contributed by atoms with van der Waals surface area (Å²) >= 11 is 1.22. The maximum atomic E-state index is 13.0. The molecule has 38 heavy (non-hydrogen) atoms. The molecule has 1 aliphatic rings. The summed E-state index contributed by atoms with van der Waals surface area (Å²) in [5.41, 5.74) is 0.517. The molecular formula is C26H29N5O6S. The van der Waals surface area contributed by atoms with Crippen molar-refractivity contribution in [2.45, 2.75) is 37.7 Å². The van der Waals surface area contributed by atoms with E-state index in [9.17, 15) is 14.8 Å². The van der Waals surface area contributed by atoms with E-state index in [4.69, 9.17) is 9.47 Å². The zero-order chi connectivity index (χ0) is 27.1. The summed E-state index contributed by atoms with van der Waals surface area (Å²) < 4.78 is 17.5. The molecule has 1 aliphatic heterocycles. The second-order valence-corrected chi connectivity index (χ2v) is 9.64. The van der Waals surface area contributed by atoms with Crippen molar-refractivity contribution >= 4 is 29.6 Å². The van der Waals surface area contributed by atoms with Crippen molar-refractivity contribution in [1.29, 1.82) is 0 Å². The molecule has 2 N–H and O–H groups in total. The standard InChI is InChI=1S/C26H29N5O6S/c1-17(2)36-23-14-19(25(32)28-22-11-6-18(16-27-22)26(33)35-3)15-24(29-23)37-20-7-9-21(10-8-20)38-31(34)30-12-4-5-13-30/h6-11,14-17,34H,4-5,12-13H2,1-3H3,(H,27,28,32). The second kappa shape index (κ2) is 12.7. The Morgan fingerprint density at radius 3 is 2.39 bits per heavy atom. The van der Waals surface area contributed by atoms with Gasteiger partial charge in [0, 0.05) is 48.3 Å². The van der Waals surface area contributed by atoms with E-state index in [1.165, 1.54) is 54.1 Å². The van der Waals surface area contributed by atoms with Crippen molar-refractivity contribution in [2.75, 3.05) is 25.5 Å². The van der Waals surface area contributed by atoms with Crippen LogP contribution < -0.4 is 14.8 Å². The number of carbonyl (C=O) groups excluding carboxylic acids is 2. The van der Waals surface area contributed by atoms with Gasteiger partial charge in [0.25, 0.3) is 5.91 Å². The first-order chi connectivity index (χ1) is 18.3. The summed E-state index contributed by atoms with van der Waals surface area (Å²) in [5, 5.41) is 14.8. The van der Waals surface area contributed by atoms with Gasteiger partial charge in [-0.15, -0.1) is 0 Å². The van der Waals surface area contributed by atoms with E-state index in [1.54, 1.807) is 12.1 Å². The summed E-state index contributed by atoms with van der Waals surface area (Å²) in [5.74, 6) is 0.178. The first-order valence-electron chi connectivity index (χ1n) is 12.0. The van der Waals surface area contributed by atoms with Crippen LogP contribution in [-0.2, 0) is 4.74 Å². The van der Waals surface area contributed by atoms with Gasteiger partial charge in [-0.2, -0.15) is 4.98 Å². The predicted octanol–water partition coefficient (Wildman–Crippen LogP) is 4.80. The van der Waals surface area contributed by atoms with Crippen LogP contribution in [0.4, 0.5) is 5.82 Å². The van der Waals surface area contributed by atoms with E-state index in [0.29, 0.717) is 5.75 Å². The Balaban J connectivity index is 1.46. The molecule has 3 heterocycles. The summed E-state index contributed by atoms with van der Waals surface area (Å²) in [7, 11) is 1.28. The quantitative estimate of drug-likeness (QED) is 0.209. The number of ether oxygens (including phenoxy) is 3. The summed E-state index contributed by atoms with van der Waals surface area (Å²) in [6.45, 7) is 5.36. The molecule has 12 heteroatoms. The Hall–Kier alpha value is -3.71. The fraction of sp³-hybridized carbons (Fsp3) is 0.308. The number of hydrogen-bond donors (Lipinski definition) is 2. The maximum absolute atomic E-state index is 13.0. The molecule has 0 aliphatic carbocycles. The van der Waals surface area contributed by atoms with Crippen LogP contribution in [0.15, 0.2) is 59.6 Å². The number of aromatic nitrogens is 2. The Bertz CT molecular complexity index is 1250. The first kappa shape index (κ1) is 27.3. The molecular weight excluding hydrogens is 510 g/mol. The lowest BCUT2D eigenvalue weighted by molar-refractivity contribution is -0.145.